The van der Waals surface area contributed by atoms with Gasteiger partial charge in [0.2, 0.25) is 0 Å². The molecule has 5 nitrogen and oxygen atoms in total. The van der Waals surface area contributed by atoms with E-state index in [9.17, 15) is 14.3 Å². The van der Waals surface area contributed by atoms with E-state index in [2.05, 4.69) is 0 Å². The monoisotopic (exact) mass is 228 g/mol. The lowest BCUT2D eigenvalue weighted by atomic mass is 10.3. The third-order valence-electron chi connectivity index (χ3n) is 1.98. The summed E-state index contributed by atoms with van der Waals surface area (Å²) in [6, 6.07) is 6.08. The minimum Gasteiger partial charge on any atom is -0.258 e. The molecule has 0 radical (unpaired) electrons. The molecule has 0 fully saturated rings. The van der Waals surface area contributed by atoms with Crippen LogP contribution in [-0.2, 0) is 11.0 Å². The first-order valence-electron chi connectivity index (χ1n) is 4.44. The molecule has 0 bridgehead atoms. The van der Waals surface area contributed by atoms with E-state index in [1.807, 2.05) is 6.92 Å². The van der Waals surface area contributed by atoms with Crippen LogP contribution in [0.4, 0.5) is 5.69 Å². The van der Waals surface area contributed by atoms with Gasteiger partial charge in [0.1, 0.15) is 15.9 Å². The molecule has 0 N–H and O–H groups in total. The number of para-hydroxylation sites is 1. The fraction of sp³-hybridized carbons (Fsp3) is 0.333. The Hall–Kier alpha value is -1.27. The number of benzene rings is 1. The van der Waals surface area contributed by atoms with Gasteiger partial charge in [-0.1, -0.05) is 19.1 Å². The van der Waals surface area contributed by atoms with Crippen LogP contribution in [0.1, 0.15) is 6.92 Å². The Balaban J connectivity index is 3.13. The van der Waals surface area contributed by atoms with E-state index >= 15 is 0 Å². The van der Waals surface area contributed by atoms with Gasteiger partial charge in [-0.25, -0.2) is 8.51 Å². The predicted molar refractivity (Wildman–Crippen MR) is 57.8 cm³/mol. The third-order valence-corrected chi connectivity index (χ3v) is 3.52. The van der Waals surface area contributed by atoms with Crippen molar-refractivity contribution in [3.05, 3.63) is 34.4 Å². The van der Waals surface area contributed by atoms with Crippen molar-refractivity contribution >= 4 is 16.7 Å². The number of hydrogen-bond acceptors (Lipinski definition) is 3. The van der Waals surface area contributed by atoms with Crippen LogP contribution in [0.2, 0.25) is 0 Å². The first kappa shape index (κ1) is 11.8. The molecule has 15 heavy (non-hydrogen) atoms. The van der Waals surface area contributed by atoms with Gasteiger partial charge in [0.15, 0.2) is 0 Å². The maximum absolute atomic E-state index is 11.8. The van der Waals surface area contributed by atoms with E-state index in [0.29, 0.717) is 6.54 Å². The van der Waals surface area contributed by atoms with E-state index in [4.69, 9.17) is 0 Å². The lowest BCUT2D eigenvalue weighted by molar-refractivity contribution is -0.387. The van der Waals surface area contributed by atoms with Gasteiger partial charge in [-0.2, -0.15) is 0 Å². The molecule has 0 saturated heterocycles. The summed E-state index contributed by atoms with van der Waals surface area (Å²) in [5.41, 5.74) is -0.101. The van der Waals surface area contributed by atoms with Gasteiger partial charge in [-0.3, -0.25) is 10.1 Å². The van der Waals surface area contributed by atoms with E-state index < -0.39 is 15.9 Å². The Morgan fingerprint density at radius 3 is 2.60 bits per heavy atom. The normalized spacial score (nSPS) is 12.7. The Morgan fingerprint density at radius 2 is 2.07 bits per heavy atom. The van der Waals surface area contributed by atoms with Crippen LogP contribution in [0, 0.1) is 10.1 Å². The minimum atomic E-state index is -1.47. The maximum Gasteiger partial charge on any atom is 0.286 e. The molecule has 0 aromatic heterocycles. The molecule has 0 amide bonds. The average Bonchev–Trinajstić information content (AvgIpc) is 2.27. The molecular weight excluding hydrogens is 216 g/mol. The van der Waals surface area contributed by atoms with E-state index in [0.717, 1.165) is 0 Å². The Labute approximate surface area is 90.4 Å². The van der Waals surface area contributed by atoms with Gasteiger partial charge < -0.3 is 0 Å². The van der Waals surface area contributed by atoms with Crippen molar-refractivity contribution in [1.82, 2.24) is 4.31 Å². The molecule has 1 aromatic carbocycles. The molecule has 0 aliphatic heterocycles. The van der Waals surface area contributed by atoms with Gasteiger partial charge in [0, 0.05) is 19.7 Å². The molecule has 0 aliphatic carbocycles. The van der Waals surface area contributed by atoms with Crippen LogP contribution in [0.5, 0.6) is 0 Å². The standard InChI is InChI=1S/C9H12N2O3S/c1-3-10(2)15(14)9-7-5-4-6-8(9)11(12)13/h4-7H,3H2,1-2H3. The molecule has 1 aromatic rings. The average molecular weight is 228 g/mol. The van der Waals surface area contributed by atoms with Crippen LogP contribution >= 0.6 is 0 Å². The van der Waals surface area contributed by atoms with E-state index in [-0.39, 0.29) is 10.6 Å². The second-order valence-electron chi connectivity index (χ2n) is 2.92. The Bertz CT molecular complexity index is 395. The van der Waals surface area contributed by atoms with Crippen molar-refractivity contribution < 1.29 is 9.13 Å². The zero-order chi connectivity index (χ0) is 11.4. The molecule has 0 heterocycles. The molecular formula is C9H12N2O3S. The smallest absolute Gasteiger partial charge is 0.258 e. The van der Waals surface area contributed by atoms with Crippen LogP contribution in [0.15, 0.2) is 29.2 Å². The fourth-order valence-electron chi connectivity index (χ4n) is 1.04. The Morgan fingerprint density at radius 1 is 1.47 bits per heavy atom. The van der Waals surface area contributed by atoms with Crippen molar-refractivity contribution in [2.24, 2.45) is 0 Å². The molecule has 1 unspecified atom stereocenters. The molecule has 0 spiro atoms. The van der Waals surface area contributed by atoms with Gasteiger partial charge in [-0.05, 0) is 6.07 Å². The lowest BCUT2D eigenvalue weighted by Gasteiger charge is -2.12. The van der Waals surface area contributed by atoms with Crippen LogP contribution in [0.25, 0.3) is 0 Å². The second kappa shape index (κ2) is 4.99. The zero-order valence-electron chi connectivity index (χ0n) is 8.54. The molecule has 0 saturated carbocycles. The van der Waals surface area contributed by atoms with Gasteiger partial charge in [0.05, 0.1) is 4.92 Å². The molecule has 6 heteroatoms. The second-order valence-corrected chi connectivity index (χ2v) is 4.48. The lowest BCUT2D eigenvalue weighted by Crippen LogP contribution is -2.21. The largest absolute Gasteiger partial charge is 0.286 e. The van der Waals surface area contributed by atoms with Crippen molar-refractivity contribution in [3.63, 3.8) is 0 Å². The highest BCUT2D eigenvalue weighted by Gasteiger charge is 2.20. The SMILES string of the molecule is CCN(C)S(=O)c1ccccc1[N+](=O)[O-]. The number of hydrogen-bond donors (Lipinski definition) is 0. The maximum atomic E-state index is 11.8. The number of nitro groups is 1. The summed E-state index contributed by atoms with van der Waals surface area (Å²) in [6.45, 7) is 2.41. The summed E-state index contributed by atoms with van der Waals surface area (Å²) in [5.74, 6) is 0. The number of rotatable bonds is 4. The van der Waals surface area contributed by atoms with Crippen LogP contribution in [-0.4, -0.2) is 27.0 Å². The molecule has 1 atom stereocenters. The summed E-state index contributed by atoms with van der Waals surface area (Å²) >= 11 is 0. The highest BCUT2D eigenvalue weighted by molar-refractivity contribution is 7.82. The van der Waals surface area contributed by atoms with Gasteiger partial charge >= 0.3 is 0 Å². The summed E-state index contributed by atoms with van der Waals surface area (Å²) < 4.78 is 13.4. The van der Waals surface area contributed by atoms with Crippen molar-refractivity contribution in [3.8, 4) is 0 Å². The Kier molecular flexibility index (Phi) is 3.93. The topological polar surface area (TPSA) is 63.5 Å². The zero-order valence-corrected chi connectivity index (χ0v) is 9.36. The van der Waals surface area contributed by atoms with Crippen molar-refractivity contribution in [1.29, 1.82) is 0 Å². The summed E-state index contributed by atoms with van der Waals surface area (Å²) in [4.78, 5) is 10.4. The summed E-state index contributed by atoms with van der Waals surface area (Å²) in [5, 5.41) is 10.7. The van der Waals surface area contributed by atoms with Crippen LogP contribution < -0.4 is 0 Å². The third kappa shape index (κ3) is 2.60. The molecule has 1 rings (SSSR count). The minimum absolute atomic E-state index is 0.101. The highest BCUT2D eigenvalue weighted by atomic mass is 32.2. The van der Waals surface area contributed by atoms with Crippen LogP contribution in [0.3, 0.4) is 0 Å². The summed E-state index contributed by atoms with van der Waals surface area (Å²) in [7, 11) is 0.191. The summed E-state index contributed by atoms with van der Waals surface area (Å²) in [6.07, 6.45) is 0. The number of nitrogens with zero attached hydrogens (tertiary/aromatic N) is 2. The first-order valence-corrected chi connectivity index (χ1v) is 5.55. The molecule has 82 valence electrons. The van der Waals surface area contributed by atoms with Crippen molar-refractivity contribution in [2.45, 2.75) is 11.8 Å². The van der Waals surface area contributed by atoms with Gasteiger partial charge in [-0.15, -0.1) is 0 Å². The van der Waals surface area contributed by atoms with E-state index in [1.54, 1.807) is 23.5 Å². The fourth-order valence-corrected chi connectivity index (χ4v) is 2.13. The quantitative estimate of drug-likeness (QED) is 0.580. The number of nitro benzene ring substituents is 1. The first-order chi connectivity index (χ1) is 7.07. The van der Waals surface area contributed by atoms with Gasteiger partial charge in [0.25, 0.3) is 5.69 Å². The highest BCUT2D eigenvalue weighted by Crippen LogP contribution is 2.22. The molecule has 0 aliphatic rings. The van der Waals surface area contributed by atoms with E-state index in [1.165, 1.54) is 12.1 Å². The predicted octanol–water partition coefficient (Wildman–Crippen LogP) is 1.57. The van der Waals surface area contributed by atoms with Crippen molar-refractivity contribution in [2.75, 3.05) is 13.6 Å².